The van der Waals surface area contributed by atoms with Crippen molar-refractivity contribution in [1.29, 1.82) is 10.5 Å². The van der Waals surface area contributed by atoms with Crippen LogP contribution in [0.3, 0.4) is 0 Å². The van der Waals surface area contributed by atoms with Gasteiger partial charge in [0.15, 0.2) is 0 Å². The van der Waals surface area contributed by atoms with E-state index in [9.17, 15) is 20.1 Å². The van der Waals surface area contributed by atoms with Crippen LogP contribution in [0.1, 0.15) is 33.6 Å². The molecule has 0 radical (unpaired) electrons. The molecule has 2 amide bonds. The number of likely N-dealkylation sites (tertiary alicyclic amines) is 1. The SMILES string of the molecule is CC1CCN(C(=O)CSC2=C(C#N)C(C)(C)[C@@H](C#N)C(=O)N2)CC1. The van der Waals surface area contributed by atoms with Gasteiger partial charge < -0.3 is 10.2 Å². The van der Waals surface area contributed by atoms with Crippen LogP contribution < -0.4 is 5.32 Å². The van der Waals surface area contributed by atoms with Crippen LogP contribution in [0.4, 0.5) is 0 Å². The van der Waals surface area contributed by atoms with Gasteiger partial charge >= 0.3 is 0 Å². The van der Waals surface area contributed by atoms with E-state index in [0.29, 0.717) is 16.5 Å². The van der Waals surface area contributed by atoms with Gasteiger partial charge in [-0.05, 0) is 18.8 Å². The van der Waals surface area contributed by atoms with Crippen LogP contribution in [0.2, 0.25) is 0 Å². The predicted molar refractivity (Wildman–Crippen MR) is 91.1 cm³/mol. The van der Waals surface area contributed by atoms with E-state index in [-0.39, 0.29) is 11.7 Å². The monoisotopic (exact) mass is 346 g/mol. The lowest BCUT2D eigenvalue weighted by molar-refractivity contribution is -0.129. The van der Waals surface area contributed by atoms with Crippen molar-refractivity contribution in [3.63, 3.8) is 0 Å². The van der Waals surface area contributed by atoms with Crippen molar-refractivity contribution >= 4 is 23.6 Å². The minimum absolute atomic E-state index is 0.0196. The van der Waals surface area contributed by atoms with E-state index in [1.165, 1.54) is 11.8 Å². The molecule has 1 saturated heterocycles. The third kappa shape index (κ3) is 3.57. The van der Waals surface area contributed by atoms with E-state index in [0.717, 1.165) is 25.9 Å². The molecule has 6 nitrogen and oxygen atoms in total. The average molecular weight is 346 g/mol. The molecule has 1 atom stereocenters. The van der Waals surface area contributed by atoms with Gasteiger partial charge in [0.2, 0.25) is 11.8 Å². The summed E-state index contributed by atoms with van der Waals surface area (Å²) in [5.41, 5.74) is -0.503. The van der Waals surface area contributed by atoms with Crippen molar-refractivity contribution in [2.75, 3.05) is 18.8 Å². The van der Waals surface area contributed by atoms with Crippen molar-refractivity contribution in [2.24, 2.45) is 17.3 Å². The molecular weight excluding hydrogens is 324 g/mol. The van der Waals surface area contributed by atoms with E-state index >= 15 is 0 Å². The summed E-state index contributed by atoms with van der Waals surface area (Å²) in [6, 6.07) is 4.07. The Morgan fingerprint density at radius 1 is 1.38 bits per heavy atom. The summed E-state index contributed by atoms with van der Waals surface area (Å²) in [7, 11) is 0. The Morgan fingerprint density at radius 3 is 2.54 bits per heavy atom. The van der Waals surface area contributed by atoms with Crippen molar-refractivity contribution < 1.29 is 9.59 Å². The minimum atomic E-state index is -0.907. The van der Waals surface area contributed by atoms with E-state index in [1.807, 2.05) is 11.0 Å². The number of rotatable bonds is 3. The third-order valence-corrected chi connectivity index (χ3v) is 5.80. The lowest BCUT2D eigenvalue weighted by atomic mass is 9.72. The first-order valence-corrected chi connectivity index (χ1v) is 9.05. The lowest BCUT2D eigenvalue weighted by Crippen LogP contribution is -2.45. The molecule has 0 unspecified atom stereocenters. The molecule has 2 heterocycles. The highest BCUT2D eigenvalue weighted by Gasteiger charge is 2.44. The zero-order chi connectivity index (χ0) is 17.9. The fourth-order valence-corrected chi connectivity index (χ4v) is 4.09. The van der Waals surface area contributed by atoms with Crippen molar-refractivity contribution in [3.05, 3.63) is 10.6 Å². The summed E-state index contributed by atoms with van der Waals surface area (Å²) < 4.78 is 0. The molecule has 0 bridgehead atoms. The highest BCUT2D eigenvalue weighted by molar-refractivity contribution is 8.03. The number of carbonyl (C=O) groups excluding carboxylic acids is 2. The maximum Gasteiger partial charge on any atom is 0.243 e. The molecule has 0 saturated carbocycles. The number of carbonyl (C=O) groups is 2. The van der Waals surface area contributed by atoms with Gasteiger partial charge in [0.25, 0.3) is 0 Å². The highest BCUT2D eigenvalue weighted by Crippen LogP contribution is 2.41. The molecule has 0 spiro atoms. The molecule has 7 heteroatoms. The van der Waals surface area contributed by atoms with Gasteiger partial charge in [0, 0.05) is 18.5 Å². The minimum Gasteiger partial charge on any atom is -0.342 e. The smallest absolute Gasteiger partial charge is 0.243 e. The van der Waals surface area contributed by atoms with Crippen LogP contribution in [0.15, 0.2) is 10.6 Å². The first-order chi connectivity index (χ1) is 11.3. The van der Waals surface area contributed by atoms with Gasteiger partial charge in [0.05, 0.1) is 28.5 Å². The van der Waals surface area contributed by atoms with Crippen molar-refractivity contribution in [2.45, 2.75) is 33.6 Å². The quantitative estimate of drug-likeness (QED) is 0.843. The number of allylic oxidation sites excluding steroid dienone is 1. The summed E-state index contributed by atoms with van der Waals surface area (Å²) in [6.07, 6.45) is 2.02. The Bertz CT molecular complexity index is 648. The normalized spacial score (nSPS) is 24.1. The Balaban J connectivity index is 2.09. The van der Waals surface area contributed by atoms with Gasteiger partial charge in [-0.15, -0.1) is 0 Å². The van der Waals surface area contributed by atoms with Crippen molar-refractivity contribution in [3.8, 4) is 12.1 Å². The first-order valence-electron chi connectivity index (χ1n) is 8.07. The Kier molecular flexibility index (Phi) is 5.56. The zero-order valence-corrected chi connectivity index (χ0v) is 15.1. The third-order valence-electron chi connectivity index (χ3n) is 4.81. The van der Waals surface area contributed by atoms with Gasteiger partial charge in [-0.25, -0.2) is 0 Å². The second-order valence-corrected chi connectivity index (χ2v) is 7.93. The molecule has 2 aliphatic rings. The number of nitrogens with zero attached hydrogens (tertiary/aromatic N) is 3. The number of thioether (sulfide) groups is 1. The van der Waals surface area contributed by atoms with Crippen LogP contribution >= 0.6 is 11.8 Å². The molecule has 0 aromatic carbocycles. The number of piperidine rings is 1. The molecule has 2 aliphatic heterocycles. The molecule has 1 N–H and O–H groups in total. The Hall–Kier alpha value is -1.99. The summed E-state index contributed by atoms with van der Waals surface area (Å²) in [5, 5.41) is 21.7. The lowest BCUT2D eigenvalue weighted by Gasteiger charge is -2.35. The second-order valence-electron chi connectivity index (χ2n) is 6.94. The van der Waals surface area contributed by atoms with E-state index < -0.39 is 17.2 Å². The molecule has 128 valence electrons. The molecule has 0 aromatic heterocycles. The van der Waals surface area contributed by atoms with E-state index in [1.54, 1.807) is 13.8 Å². The maximum absolute atomic E-state index is 12.3. The molecule has 1 fully saturated rings. The average Bonchev–Trinajstić information content (AvgIpc) is 2.52. The van der Waals surface area contributed by atoms with Gasteiger partial charge in [-0.1, -0.05) is 32.5 Å². The standard InChI is InChI=1S/C17H22N4O2S/c1-11-4-6-21(7-5-11)14(22)10-24-16-13(9-19)17(2,3)12(8-18)15(23)20-16/h11-12H,4-7,10H2,1-3H3,(H,20,23)/t12-/m0/s1. The van der Waals surface area contributed by atoms with Crippen molar-refractivity contribution in [1.82, 2.24) is 10.2 Å². The summed E-state index contributed by atoms with van der Waals surface area (Å²) in [6.45, 7) is 7.14. The van der Waals surface area contributed by atoms with Crippen LogP contribution in [0.5, 0.6) is 0 Å². The largest absolute Gasteiger partial charge is 0.342 e. The Morgan fingerprint density at radius 2 is 2.00 bits per heavy atom. The number of amides is 2. The van der Waals surface area contributed by atoms with Crippen LogP contribution in [-0.2, 0) is 9.59 Å². The van der Waals surface area contributed by atoms with Gasteiger partial charge in [-0.2, -0.15) is 10.5 Å². The molecular formula is C17H22N4O2S. The molecule has 24 heavy (non-hydrogen) atoms. The highest BCUT2D eigenvalue weighted by atomic mass is 32.2. The number of nitrogens with one attached hydrogen (secondary N) is 1. The molecule has 0 aromatic rings. The second kappa shape index (κ2) is 7.27. The van der Waals surface area contributed by atoms with Gasteiger partial charge in [0.1, 0.15) is 5.92 Å². The summed E-state index contributed by atoms with van der Waals surface area (Å²) >= 11 is 1.18. The van der Waals surface area contributed by atoms with Crippen LogP contribution in [0, 0.1) is 39.9 Å². The fraction of sp³-hybridized carbons (Fsp3) is 0.647. The van der Waals surface area contributed by atoms with E-state index in [2.05, 4.69) is 18.3 Å². The molecule has 0 aliphatic carbocycles. The number of hydrogen-bond acceptors (Lipinski definition) is 5. The van der Waals surface area contributed by atoms with E-state index in [4.69, 9.17) is 0 Å². The summed E-state index contributed by atoms with van der Waals surface area (Å²) in [4.78, 5) is 26.3. The van der Waals surface area contributed by atoms with Crippen LogP contribution in [0.25, 0.3) is 0 Å². The number of nitriles is 2. The first kappa shape index (κ1) is 18.4. The fourth-order valence-electron chi connectivity index (χ4n) is 3.02. The zero-order valence-electron chi connectivity index (χ0n) is 14.3. The van der Waals surface area contributed by atoms with Crippen LogP contribution in [-0.4, -0.2) is 35.6 Å². The summed E-state index contributed by atoms with van der Waals surface area (Å²) in [5.74, 6) is -0.469. The molecule has 2 rings (SSSR count). The maximum atomic E-state index is 12.3. The Labute approximate surface area is 146 Å². The predicted octanol–water partition coefficient (Wildman–Crippen LogP) is 2.01. The topological polar surface area (TPSA) is 97.0 Å². The van der Waals surface area contributed by atoms with Gasteiger partial charge in [-0.3, -0.25) is 9.59 Å². The number of hydrogen-bond donors (Lipinski definition) is 1.